The first kappa shape index (κ1) is 17.8. The third-order valence-electron chi connectivity index (χ3n) is 4.73. The maximum Gasteiger partial charge on any atom is 0.205 e. The van der Waals surface area contributed by atoms with Crippen molar-refractivity contribution in [2.75, 3.05) is 0 Å². The second-order valence-electron chi connectivity index (χ2n) is 6.54. The van der Waals surface area contributed by atoms with Crippen LogP contribution in [0.1, 0.15) is 55.2 Å². The Morgan fingerprint density at radius 3 is 2.85 bits per heavy atom. The smallest absolute Gasteiger partial charge is 0.205 e. The van der Waals surface area contributed by atoms with Crippen molar-refractivity contribution in [1.29, 1.82) is 5.26 Å². The highest BCUT2D eigenvalue weighted by molar-refractivity contribution is 5.58. The molecule has 1 atom stereocenters. The van der Waals surface area contributed by atoms with Gasteiger partial charge in [0, 0.05) is 24.0 Å². The molecule has 2 aromatic rings. The van der Waals surface area contributed by atoms with Gasteiger partial charge in [0.05, 0.1) is 5.92 Å². The first-order chi connectivity index (χ1) is 12.7. The topological polar surface area (TPSA) is 92.2 Å². The number of hydrogen-bond acceptors (Lipinski definition) is 5. The molecule has 3 rings (SSSR count). The van der Waals surface area contributed by atoms with E-state index in [4.69, 9.17) is 10.5 Å². The molecule has 1 aromatic carbocycles. The quantitative estimate of drug-likeness (QED) is 0.765. The zero-order valence-electron chi connectivity index (χ0n) is 14.9. The van der Waals surface area contributed by atoms with E-state index in [2.05, 4.69) is 18.0 Å². The first-order valence-corrected chi connectivity index (χ1v) is 8.99. The van der Waals surface area contributed by atoms with Gasteiger partial charge in [0.25, 0.3) is 0 Å². The number of aromatic hydroxyl groups is 1. The number of aryl methyl sites for hydroxylation is 1. The van der Waals surface area contributed by atoms with Crippen LogP contribution in [0.25, 0.3) is 0 Å². The number of ether oxygens (including phenoxy) is 1. The summed E-state index contributed by atoms with van der Waals surface area (Å²) in [5, 5.41) is 20.0. The summed E-state index contributed by atoms with van der Waals surface area (Å²) >= 11 is 0. The van der Waals surface area contributed by atoms with E-state index in [9.17, 15) is 10.4 Å². The van der Waals surface area contributed by atoms with Gasteiger partial charge in [-0.15, -0.1) is 0 Å². The monoisotopic (exact) mass is 349 g/mol. The molecule has 0 radical (unpaired) electrons. The minimum Gasteiger partial charge on any atom is -0.508 e. The van der Waals surface area contributed by atoms with Gasteiger partial charge in [0.15, 0.2) is 0 Å². The minimum absolute atomic E-state index is 0.0731. The average molecular weight is 349 g/mol. The van der Waals surface area contributed by atoms with Crippen LogP contribution in [0, 0.1) is 11.3 Å². The zero-order valence-corrected chi connectivity index (χ0v) is 14.9. The Morgan fingerprint density at radius 1 is 1.31 bits per heavy atom. The number of phenolic OH excluding ortho intramolecular Hbond substituents is 1. The molecule has 0 saturated carbocycles. The molecule has 0 spiro atoms. The van der Waals surface area contributed by atoms with E-state index in [1.165, 1.54) is 12.8 Å². The number of nitriles is 1. The summed E-state index contributed by atoms with van der Waals surface area (Å²) in [7, 11) is 0. The number of hydrogen-bond donors (Lipinski definition) is 2. The van der Waals surface area contributed by atoms with Crippen molar-refractivity contribution in [1.82, 2.24) is 4.98 Å². The van der Waals surface area contributed by atoms with Crippen molar-refractivity contribution < 1.29 is 9.84 Å². The Balaban J connectivity index is 2.02. The molecular weight excluding hydrogens is 326 g/mol. The molecule has 1 aromatic heterocycles. The highest BCUT2D eigenvalue weighted by Crippen LogP contribution is 2.44. The number of rotatable bonds is 6. The van der Waals surface area contributed by atoms with Gasteiger partial charge in [0.1, 0.15) is 23.1 Å². The van der Waals surface area contributed by atoms with Crippen LogP contribution in [0.4, 0.5) is 0 Å². The number of aromatic nitrogens is 1. The van der Waals surface area contributed by atoms with E-state index in [0.717, 1.165) is 36.0 Å². The number of pyridine rings is 1. The van der Waals surface area contributed by atoms with E-state index in [-0.39, 0.29) is 17.6 Å². The van der Waals surface area contributed by atoms with Crippen LogP contribution < -0.4 is 10.5 Å². The molecule has 0 fully saturated rings. The summed E-state index contributed by atoms with van der Waals surface area (Å²) in [6.45, 7) is 2.17. The molecule has 0 saturated heterocycles. The van der Waals surface area contributed by atoms with Crippen LogP contribution in [-0.4, -0.2) is 10.1 Å². The Kier molecular flexibility index (Phi) is 5.43. The van der Waals surface area contributed by atoms with Gasteiger partial charge < -0.3 is 15.6 Å². The Labute approximate surface area is 153 Å². The lowest BCUT2D eigenvalue weighted by molar-refractivity contribution is 0.387. The van der Waals surface area contributed by atoms with Gasteiger partial charge in [-0.05, 0) is 36.1 Å². The number of nitrogens with zero attached hydrogens (tertiary/aromatic N) is 2. The molecule has 0 amide bonds. The molecule has 134 valence electrons. The van der Waals surface area contributed by atoms with E-state index < -0.39 is 0 Å². The minimum atomic E-state index is -0.340. The van der Waals surface area contributed by atoms with Crippen molar-refractivity contribution in [3.8, 4) is 17.6 Å². The molecule has 26 heavy (non-hydrogen) atoms. The maximum absolute atomic E-state index is 10.4. The fourth-order valence-electron chi connectivity index (χ4n) is 3.37. The molecule has 2 heterocycles. The van der Waals surface area contributed by atoms with Crippen molar-refractivity contribution in [3.05, 3.63) is 64.8 Å². The number of allylic oxidation sites excluding steroid dienone is 1. The summed E-state index contributed by atoms with van der Waals surface area (Å²) in [6.07, 6.45) is 8.72. The SMILES string of the molecule is CCCCCCc1cc2c(cc1O)OC(N)=C(C#N)[C@@H]2c1cccnc1. The van der Waals surface area contributed by atoms with Crippen LogP contribution in [0.3, 0.4) is 0 Å². The fraction of sp³-hybridized carbons (Fsp3) is 0.333. The third kappa shape index (κ3) is 3.50. The molecule has 3 N–H and O–H groups in total. The molecule has 1 aliphatic heterocycles. The summed E-state index contributed by atoms with van der Waals surface area (Å²) in [5.74, 6) is 0.431. The van der Waals surface area contributed by atoms with Gasteiger partial charge in [-0.1, -0.05) is 32.3 Å². The third-order valence-corrected chi connectivity index (χ3v) is 4.73. The van der Waals surface area contributed by atoms with Crippen LogP contribution in [0.15, 0.2) is 48.1 Å². The number of nitrogens with two attached hydrogens (primary N) is 1. The largest absolute Gasteiger partial charge is 0.508 e. The van der Waals surface area contributed by atoms with Crippen molar-refractivity contribution in [2.45, 2.75) is 44.9 Å². The second-order valence-corrected chi connectivity index (χ2v) is 6.54. The number of phenols is 1. The fourth-order valence-corrected chi connectivity index (χ4v) is 3.37. The molecule has 5 heteroatoms. The van der Waals surface area contributed by atoms with Crippen molar-refractivity contribution >= 4 is 0 Å². The highest BCUT2D eigenvalue weighted by Gasteiger charge is 2.31. The lowest BCUT2D eigenvalue weighted by Crippen LogP contribution is -2.21. The van der Waals surface area contributed by atoms with Gasteiger partial charge in [-0.25, -0.2) is 0 Å². The Morgan fingerprint density at radius 2 is 2.15 bits per heavy atom. The molecular formula is C21H23N3O2. The normalized spacial score (nSPS) is 15.9. The maximum atomic E-state index is 10.4. The summed E-state index contributed by atoms with van der Waals surface area (Å²) in [4.78, 5) is 4.17. The van der Waals surface area contributed by atoms with Gasteiger partial charge >= 0.3 is 0 Å². The standard InChI is InChI=1S/C21H23N3O2/c1-2-3-4-5-7-14-10-16-19(11-18(14)25)26-21(23)17(12-22)20(16)15-8-6-9-24-13-15/h6,8-11,13,20,25H,2-5,7,23H2,1H3/t20-/m1/s1. The van der Waals surface area contributed by atoms with Crippen LogP contribution in [-0.2, 0) is 6.42 Å². The van der Waals surface area contributed by atoms with Gasteiger partial charge in [-0.2, -0.15) is 5.26 Å². The average Bonchev–Trinajstić information content (AvgIpc) is 2.65. The van der Waals surface area contributed by atoms with Crippen molar-refractivity contribution in [3.63, 3.8) is 0 Å². The zero-order chi connectivity index (χ0) is 18.5. The lowest BCUT2D eigenvalue weighted by Gasteiger charge is -2.27. The van der Waals surface area contributed by atoms with Gasteiger partial charge in [0.2, 0.25) is 5.88 Å². The van der Waals surface area contributed by atoms with Crippen LogP contribution >= 0.6 is 0 Å². The van der Waals surface area contributed by atoms with E-state index in [0.29, 0.717) is 11.3 Å². The molecule has 0 unspecified atom stereocenters. The van der Waals surface area contributed by atoms with Crippen molar-refractivity contribution in [2.24, 2.45) is 5.73 Å². The van der Waals surface area contributed by atoms with E-state index >= 15 is 0 Å². The van der Waals surface area contributed by atoms with E-state index in [1.54, 1.807) is 18.5 Å². The highest BCUT2D eigenvalue weighted by atomic mass is 16.5. The summed E-state index contributed by atoms with van der Waals surface area (Å²) in [6, 6.07) is 9.48. The molecule has 0 bridgehead atoms. The number of benzene rings is 1. The molecule has 0 aliphatic carbocycles. The van der Waals surface area contributed by atoms with Gasteiger partial charge in [-0.3, -0.25) is 4.98 Å². The number of unbranched alkanes of at least 4 members (excludes halogenated alkanes) is 3. The first-order valence-electron chi connectivity index (χ1n) is 8.99. The predicted molar refractivity (Wildman–Crippen MR) is 99.5 cm³/mol. The predicted octanol–water partition coefficient (Wildman–Crippen LogP) is 4.13. The van der Waals surface area contributed by atoms with Crippen LogP contribution in [0.2, 0.25) is 0 Å². The molecule has 1 aliphatic rings. The van der Waals surface area contributed by atoms with E-state index in [1.807, 2.05) is 18.2 Å². The second kappa shape index (κ2) is 7.92. The molecule has 5 nitrogen and oxygen atoms in total. The van der Waals surface area contributed by atoms with Crippen LogP contribution in [0.5, 0.6) is 11.5 Å². The summed E-state index contributed by atoms with van der Waals surface area (Å²) in [5.41, 5.74) is 8.92. The lowest BCUT2D eigenvalue weighted by atomic mass is 9.83. The Bertz CT molecular complexity index is 854. The Hall–Kier alpha value is -3.00. The summed E-state index contributed by atoms with van der Waals surface area (Å²) < 4.78 is 5.62. The number of fused-ring (bicyclic) bond motifs is 1.